The monoisotopic (exact) mass is 211 g/mol. The van der Waals surface area contributed by atoms with Crippen LogP contribution in [0.4, 0.5) is 0 Å². The van der Waals surface area contributed by atoms with Crippen LogP contribution in [-0.2, 0) is 0 Å². The van der Waals surface area contributed by atoms with Gasteiger partial charge in [0, 0.05) is 0 Å². The molecule has 0 nitrogen and oxygen atoms in total. The van der Waals surface area contributed by atoms with Crippen LogP contribution in [0.25, 0.3) is 0 Å². The van der Waals surface area contributed by atoms with Crippen LogP contribution >= 0.6 is 0 Å². The average Bonchev–Trinajstić information content (AvgIpc) is 2.17. The molecule has 0 amide bonds. The van der Waals surface area contributed by atoms with Crippen LogP contribution in [0.3, 0.4) is 0 Å². The van der Waals surface area contributed by atoms with Crippen molar-refractivity contribution in [2.24, 2.45) is 11.8 Å². The molecular weight excluding hydrogens is 180 g/mol. The van der Waals surface area contributed by atoms with E-state index in [0.29, 0.717) is 0 Å². The topological polar surface area (TPSA) is 0 Å². The fraction of sp³-hybridized carbons (Fsp3) is 0.933. The van der Waals surface area contributed by atoms with E-state index in [1.54, 1.807) is 0 Å². The standard InChI is InChI=1S/C15H31/c1-5-6-7-8-9-12-15(4)13-10-11-14(2)3/h10,14-15H,5-9,11-13H2,1-4H3. The summed E-state index contributed by atoms with van der Waals surface area (Å²) in [7, 11) is 0. The molecule has 1 radical (unpaired) electrons. The maximum Gasteiger partial charge on any atom is -0.0381 e. The van der Waals surface area contributed by atoms with E-state index in [2.05, 4.69) is 34.1 Å². The first-order chi connectivity index (χ1) is 7.16. The maximum absolute atomic E-state index is 2.49. The summed E-state index contributed by atoms with van der Waals surface area (Å²) in [5.41, 5.74) is 0. The minimum absolute atomic E-state index is 0.835. The van der Waals surface area contributed by atoms with Gasteiger partial charge in [0.1, 0.15) is 0 Å². The Hall–Kier alpha value is 0. The Morgan fingerprint density at radius 3 is 2.13 bits per heavy atom. The second kappa shape index (κ2) is 10.5. The number of hydrogen-bond acceptors (Lipinski definition) is 0. The van der Waals surface area contributed by atoms with Gasteiger partial charge in [-0.25, -0.2) is 0 Å². The Balaban J connectivity index is 3.15. The molecule has 0 saturated carbocycles. The van der Waals surface area contributed by atoms with E-state index in [4.69, 9.17) is 0 Å². The average molecular weight is 211 g/mol. The molecule has 0 N–H and O–H groups in total. The third-order valence-electron chi connectivity index (χ3n) is 3.01. The molecule has 0 aliphatic rings. The summed E-state index contributed by atoms with van der Waals surface area (Å²) in [6.07, 6.45) is 13.6. The first-order valence-corrected chi connectivity index (χ1v) is 6.98. The van der Waals surface area contributed by atoms with Crippen LogP contribution in [-0.4, -0.2) is 0 Å². The highest BCUT2D eigenvalue weighted by Crippen LogP contribution is 2.17. The van der Waals surface area contributed by atoms with E-state index >= 15 is 0 Å². The Labute approximate surface area is 97.8 Å². The number of hydrogen-bond donors (Lipinski definition) is 0. The van der Waals surface area contributed by atoms with Gasteiger partial charge in [-0.05, 0) is 31.1 Å². The summed E-state index contributed by atoms with van der Waals surface area (Å²) < 4.78 is 0. The molecule has 0 aromatic heterocycles. The molecule has 0 aliphatic carbocycles. The van der Waals surface area contributed by atoms with Crippen molar-refractivity contribution in [2.45, 2.75) is 79.1 Å². The first kappa shape index (κ1) is 15.0. The lowest BCUT2D eigenvalue weighted by Gasteiger charge is -2.11. The molecular formula is C15H31. The van der Waals surface area contributed by atoms with Crippen LogP contribution in [0.2, 0.25) is 0 Å². The summed E-state index contributed by atoms with van der Waals surface area (Å²) in [4.78, 5) is 0. The van der Waals surface area contributed by atoms with E-state index in [-0.39, 0.29) is 0 Å². The molecule has 0 rings (SSSR count). The van der Waals surface area contributed by atoms with Crippen molar-refractivity contribution in [3.63, 3.8) is 0 Å². The van der Waals surface area contributed by atoms with Gasteiger partial charge in [0.15, 0.2) is 0 Å². The molecule has 0 spiro atoms. The molecule has 0 heteroatoms. The summed E-state index contributed by atoms with van der Waals surface area (Å²) >= 11 is 0. The largest absolute Gasteiger partial charge is 0.0654 e. The summed E-state index contributed by atoms with van der Waals surface area (Å²) in [6, 6.07) is 0. The molecule has 15 heavy (non-hydrogen) atoms. The third-order valence-corrected chi connectivity index (χ3v) is 3.01. The minimum atomic E-state index is 0.835. The quantitative estimate of drug-likeness (QED) is 0.411. The lowest BCUT2D eigenvalue weighted by atomic mass is 9.95. The SMILES string of the molecule is CCCCCCCC(C)C[CH]CC(C)C. The van der Waals surface area contributed by atoms with Gasteiger partial charge in [0.25, 0.3) is 0 Å². The summed E-state index contributed by atoms with van der Waals surface area (Å²) in [5, 5.41) is 0. The summed E-state index contributed by atoms with van der Waals surface area (Å²) in [6.45, 7) is 9.28. The lowest BCUT2D eigenvalue weighted by Crippen LogP contribution is -1.97. The maximum atomic E-state index is 2.49. The van der Waals surface area contributed by atoms with Crippen LogP contribution < -0.4 is 0 Å². The summed E-state index contributed by atoms with van der Waals surface area (Å²) in [5.74, 6) is 1.74. The zero-order valence-electron chi connectivity index (χ0n) is 11.4. The molecule has 0 aromatic carbocycles. The van der Waals surface area contributed by atoms with Gasteiger partial charge in [0.2, 0.25) is 0 Å². The van der Waals surface area contributed by atoms with E-state index < -0.39 is 0 Å². The van der Waals surface area contributed by atoms with E-state index in [0.717, 1.165) is 11.8 Å². The van der Waals surface area contributed by atoms with E-state index in [1.165, 1.54) is 51.4 Å². The van der Waals surface area contributed by atoms with Gasteiger partial charge in [-0.1, -0.05) is 66.2 Å². The fourth-order valence-electron chi connectivity index (χ4n) is 1.93. The van der Waals surface area contributed by atoms with Crippen LogP contribution in [0.1, 0.15) is 79.1 Å². The predicted molar refractivity (Wildman–Crippen MR) is 70.9 cm³/mol. The van der Waals surface area contributed by atoms with Gasteiger partial charge in [0.05, 0.1) is 0 Å². The molecule has 1 atom stereocenters. The smallest absolute Gasteiger partial charge is 0.0381 e. The predicted octanol–water partition coefficient (Wildman–Crippen LogP) is 5.62. The number of unbranched alkanes of at least 4 members (excludes halogenated alkanes) is 4. The lowest BCUT2D eigenvalue weighted by molar-refractivity contribution is 0.466. The van der Waals surface area contributed by atoms with Crippen molar-refractivity contribution >= 4 is 0 Å². The molecule has 0 aromatic rings. The Morgan fingerprint density at radius 1 is 0.867 bits per heavy atom. The second-order valence-corrected chi connectivity index (χ2v) is 5.46. The van der Waals surface area contributed by atoms with Gasteiger partial charge in [-0.2, -0.15) is 0 Å². The van der Waals surface area contributed by atoms with Crippen LogP contribution in [0.15, 0.2) is 0 Å². The molecule has 0 bridgehead atoms. The van der Waals surface area contributed by atoms with Gasteiger partial charge < -0.3 is 0 Å². The molecule has 0 heterocycles. The Bertz CT molecular complexity index is 115. The van der Waals surface area contributed by atoms with Crippen LogP contribution in [0, 0.1) is 18.3 Å². The van der Waals surface area contributed by atoms with Crippen molar-refractivity contribution in [1.29, 1.82) is 0 Å². The Kier molecular flexibility index (Phi) is 10.5. The normalized spacial score (nSPS) is 13.4. The van der Waals surface area contributed by atoms with Crippen molar-refractivity contribution < 1.29 is 0 Å². The Morgan fingerprint density at radius 2 is 1.53 bits per heavy atom. The molecule has 1 unspecified atom stereocenters. The highest BCUT2D eigenvalue weighted by atomic mass is 14.1. The van der Waals surface area contributed by atoms with Crippen molar-refractivity contribution in [3.8, 4) is 0 Å². The van der Waals surface area contributed by atoms with Crippen molar-refractivity contribution in [2.75, 3.05) is 0 Å². The van der Waals surface area contributed by atoms with Crippen molar-refractivity contribution in [3.05, 3.63) is 6.42 Å². The molecule has 91 valence electrons. The molecule has 0 saturated heterocycles. The van der Waals surface area contributed by atoms with Crippen LogP contribution in [0.5, 0.6) is 0 Å². The van der Waals surface area contributed by atoms with Gasteiger partial charge in [-0.3, -0.25) is 0 Å². The highest BCUT2D eigenvalue weighted by Gasteiger charge is 2.02. The van der Waals surface area contributed by atoms with Gasteiger partial charge in [-0.15, -0.1) is 0 Å². The van der Waals surface area contributed by atoms with E-state index in [1.807, 2.05) is 0 Å². The first-order valence-electron chi connectivity index (χ1n) is 6.98. The van der Waals surface area contributed by atoms with Gasteiger partial charge >= 0.3 is 0 Å². The molecule has 0 aliphatic heterocycles. The zero-order chi connectivity index (χ0) is 11.5. The zero-order valence-corrected chi connectivity index (χ0v) is 11.4. The third kappa shape index (κ3) is 11.9. The van der Waals surface area contributed by atoms with E-state index in [9.17, 15) is 0 Å². The molecule has 0 fully saturated rings. The minimum Gasteiger partial charge on any atom is -0.0654 e. The highest BCUT2D eigenvalue weighted by molar-refractivity contribution is 4.70. The second-order valence-electron chi connectivity index (χ2n) is 5.46. The van der Waals surface area contributed by atoms with Crippen molar-refractivity contribution in [1.82, 2.24) is 0 Å². The fourth-order valence-corrected chi connectivity index (χ4v) is 1.93. The number of rotatable bonds is 10.